The summed E-state index contributed by atoms with van der Waals surface area (Å²) >= 11 is 0. The van der Waals surface area contributed by atoms with E-state index in [-0.39, 0.29) is 24.3 Å². The highest BCUT2D eigenvalue weighted by Gasteiger charge is 2.26. The third kappa shape index (κ3) is 5.97. The number of carbonyl (C=O) groups is 2. The number of amides is 2. The first kappa shape index (κ1) is 21.7. The molecule has 1 aromatic heterocycles. The van der Waals surface area contributed by atoms with E-state index in [1.165, 1.54) is 0 Å². The van der Waals surface area contributed by atoms with E-state index < -0.39 is 10.0 Å². The van der Waals surface area contributed by atoms with Gasteiger partial charge in [-0.3, -0.25) is 14.6 Å². The number of likely N-dealkylation sites (N-methyl/N-ethyl adjacent to an activating group) is 1. The molecule has 9 nitrogen and oxygen atoms in total. The number of carbonyl (C=O) groups excluding carboxylic acids is 2. The zero-order valence-electron chi connectivity index (χ0n) is 17.0. The summed E-state index contributed by atoms with van der Waals surface area (Å²) in [5.41, 5.74) is 1.44. The van der Waals surface area contributed by atoms with Crippen LogP contribution in [-0.2, 0) is 14.8 Å². The molecular formula is C19H29N5O4S. The van der Waals surface area contributed by atoms with Gasteiger partial charge in [0.2, 0.25) is 15.9 Å². The van der Waals surface area contributed by atoms with Gasteiger partial charge in [0.1, 0.15) is 0 Å². The number of piperazine rings is 1. The maximum absolute atomic E-state index is 12.6. The number of likely N-dealkylation sites (tertiary alicyclic amines) is 1. The largest absolute Gasteiger partial charge is 0.341 e. The number of nitrogens with zero attached hydrogens (tertiary/aromatic N) is 4. The molecule has 2 amide bonds. The first-order chi connectivity index (χ1) is 13.7. The summed E-state index contributed by atoms with van der Waals surface area (Å²) in [5.74, 6) is -0.148. The third-order valence-corrected chi connectivity index (χ3v) is 6.17. The SMILES string of the molecule is CN1CCN(C(=O)c2ccc(C3CCCN(C(=O)CNS(C)(=O)=O)C3)nc2)CC1. The van der Waals surface area contributed by atoms with Crippen molar-refractivity contribution in [3.05, 3.63) is 29.6 Å². The molecular weight excluding hydrogens is 394 g/mol. The molecule has 1 unspecified atom stereocenters. The Morgan fingerprint density at radius 1 is 1.14 bits per heavy atom. The van der Waals surface area contributed by atoms with Crippen LogP contribution < -0.4 is 4.72 Å². The van der Waals surface area contributed by atoms with E-state index in [0.717, 1.165) is 51.0 Å². The highest BCUT2D eigenvalue weighted by Crippen LogP contribution is 2.25. The lowest BCUT2D eigenvalue weighted by Gasteiger charge is -2.33. The Hall–Kier alpha value is -2.04. The van der Waals surface area contributed by atoms with Gasteiger partial charge in [-0.1, -0.05) is 0 Å². The van der Waals surface area contributed by atoms with Crippen LogP contribution >= 0.6 is 0 Å². The summed E-state index contributed by atoms with van der Waals surface area (Å²) in [5, 5.41) is 0. The minimum atomic E-state index is -3.40. The lowest BCUT2D eigenvalue weighted by atomic mass is 9.94. The summed E-state index contributed by atoms with van der Waals surface area (Å²) < 4.78 is 24.6. The van der Waals surface area contributed by atoms with Gasteiger partial charge in [-0.25, -0.2) is 13.1 Å². The summed E-state index contributed by atoms with van der Waals surface area (Å²) in [6, 6.07) is 3.69. The van der Waals surface area contributed by atoms with Crippen molar-refractivity contribution in [3.63, 3.8) is 0 Å². The molecule has 0 saturated carbocycles. The second kappa shape index (κ2) is 9.19. The maximum Gasteiger partial charge on any atom is 0.255 e. The number of rotatable bonds is 5. The topological polar surface area (TPSA) is 103 Å². The van der Waals surface area contributed by atoms with Crippen LogP contribution in [0.15, 0.2) is 18.3 Å². The van der Waals surface area contributed by atoms with Crippen LogP contribution in [0, 0.1) is 0 Å². The molecule has 0 aliphatic carbocycles. The minimum Gasteiger partial charge on any atom is -0.341 e. The van der Waals surface area contributed by atoms with Crippen LogP contribution in [0.3, 0.4) is 0 Å². The molecule has 2 aliphatic rings. The monoisotopic (exact) mass is 423 g/mol. The van der Waals surface area contributed by atoms with Crippen molar-refractivity contribution in [2.45, 2.75) is 18.8 Å². The molecule has 3 heterocycles. The van der Waals surface area contributed by atoms with Gasteiger partial charge in [0.15, 0.2) is 0 Å². The van der Waals surface area contributed by atoms with Crippen molar-refractivity contribution in [2.24, 2.45) is 0 Å². The van der Waals surface area contributed by atoms with E-state index in [1.807, 2.05) is 24.1 Å². The average molecular weight is 424 g/mol. The van der Waals surface area contributed by atoms with Gasteiger partial charge in [0, 0.05) is 57.1 Å². The lowest BCUT2D eigenvalue weighted by molar-refractivity contribution is -0.131. The molecule has 0 spiro atoms. The van der Waals surface area contributed by atoms with Crippen LogP contribution in [0.1, 0.15) is 34.8 Å². The fraction of sp³-hybridized carbons (Fsp3) is 0.632. The predicted octanol–water partition coefficient (Wildman–Crippen LogP) is -0.276. The molecule has 0 aromatic carbocycles. The van der Waals surface area contributed by atoms with E-state index in [9.17, 15) is 18.0 Å². The van der Waals surface area contributed by atoms with Gasteiger partial charge in [-0.05, 0) is 32.0 Å². The predicted molar refractivity (Wildman–Crippen MR) is 109 cm³/mol. The molecule has 160 valence electrons. The van der Waals surface area contributed by atoms with Gasteiger partial charge in [-0.2, -0.15) is 0 Å². The zero-order chi connectivity index (χ0) is 21.0. The molecule has 29 heavy (non-hydrogen) atoms. The maximum atomic E-state index is 12.6. The van der Waals surface area contributed by atoms with Crippen molar-refractivity contribution in [1.82, 2.24) is 24.4 Å². The highest BCUT2D eigenvalue weighted by atomic mass is 32.2. The summed E-state index contributed by atoms with van der Waals surface area (Å²) in [6.45, 7) is 4.08. The minimum absolute atomic E-state index is 0.00412. The summed E-state index contributed by atoms with van der Waals surface area (Å²) in [7, 11) is -1.35. The molecule has 2 saturated heterocycles. The Labute approximate surface area is 172 Å². The van der Waals surface area contributed by atoms with Crippen LogP contribution in [0.25, 0.3) is 0 Å². The van der Waals surface area contributed by atoms with E-state index in [1.54, 1.807) is 11.1 Å². The van der Waals surface area contributed by atoms with E-state index in [4.69, 9.17) is 0 Å². The molecule has 0 radical (unpaired) electrons. The number of pyridine rings is 1. The van der Waals surface area contributed by atoms with Crippen molar-refractivity contribution in [3.8, 4) is 0 Å². The zero-order valence-corrected chi connectivity index (χ0v) is 17.8. The van der Waals surface area contributed by atoms with E-state index in [2.05, 4.69) is 14.6 Å². The number of aromatic nitrogens is 1. The molecule has 3 rings (SSSR count). The van der Waals surface area contributed by atoms with Gasteiger partial charge >= 0.3 is 0 Å². The van der Waals surface area contributed by atoms with E-state index in [0.29, 0.717) is 18.7 Å². The van der Waals surface area contributed by atoms with Crippen molar-refractivity contribution < 1.29 is 18.0 Å². The first-order valence-corrected chi connectivity index (χ1v) is 11.8. The quantitative estimate of drug-likeness (QED) is 0.699. The fourth-order valence-corrected chi connectivity index (χ4v) is 4.10. The number of hydrogen-bond acceptors (Lipinski definition) is 6. The molecule has 0 bridgehead atoms. The molecule has 1 aromatic rings. The normalized spacial score (nSPS) is 21.2. The van der Waals surface area contributed by atoms with Gasteiger partial charge < -0.3 is 14.7 Å². The van der Waals surface area contributed by atoms with Gasteiger partial charge in [-0.15, -0.1) is 0 Å². The van der Waals surface area contributed by atoms with Crippen LogP contribution in [-0.4, -0.2) is 99.0 Å². The van der Waals surface area contributed by atoms with Crippen LogP contribution in [0.2, 0.25) is 0 Å². The number of sulfonamides is 1. The summed E-state index contributed by atoms with van der Waals surface area (Å²) in [6.07, 6.45) is 4.40. The van der Waals surface area contributed by atoms with Gasteiger partial charge in [0.25, 0.3) is 5.91 Å². The number of hydrogen-bond donors (Lipinski definition) is 1. The number of piperidine rings is 1. The second-order valence-electron chi connectivity index (χ2n) is 7.84. The Bertz CT molecular complexity index is 835. The lowest BCUT2D eigenvalue weighted by Crippen LogP contribution is -2.47. The van der Waals surface area contributed by atoms with Crippen molar-refractivity contribution >= 4 is 21.8 Å². The summed E-state index contributed by atoms with van der Waals surface area (Å²) in [4.78, 5) is 35.2. The van der Waals surface area contributed by atoms with Crippen LogP contribution in [0.4, 0.5) is 0 Å². The Morgan fingerprint density at radius 2 is 1.86 bits per heavy atom. The molecule has 1 atom stereocenters. The average Bonchev–Trinajstić information content (AvgIpc) is 2.72. The molecule has 10 heteroatoms. The Kier molecular flexibility index (Phi) is 6.86. The smallest absolute Gasteiger partial charge is 0.255 e. The Morgan fingerprint density at radius 3 is 2.48 bits per heavy atom. The second-order valence-corrected chi connectivity index (χ2v) is 9.67. The molecule has 1 N–H and O–H groups in total. The van der Waals surface area contributed by atoms with Crippen molar-refractivity contribution in [1.29, 1.82) is 0 Å². The fourth-order valence-electron chi connectivity index (χ4n) is 3.72. The Balaban J connectivity index is 1.59. The molecule has 2 fully saturated rings. The standard InChI is InChI=1S/C19H29N5O4S/c1-22-8-10-23(11-9-22)19(26)15-5-6-17(20-12-15)16-4-3-7-24(14-16)18(25)13-21-29(2,27)28/h5-6,12,16,21H,3-4,7-11,13-14H2,1-2H3. The molecule has 2 aliphatic heterocycles. The van der Waals surface area contributed by atoms with Gasteiger partial charge in [0.05, 0.1) is 18.4 Å². The highest BCUT2D eigenvalue weighted by molar-refractivity contribution is 7.88. The third-order valence-electron chi connectivity index (χ3n) is 5.50. The van der Waals surface area contributed by atoms with E-state index >= 15 is 0 Å². The van der Waals surface area contributed by atoms with Crippen LogP contribution in [0.5, 0.6) is 0 Å². The number of nitrogens with one attached hydrogen (secondary N) is 1. The first-order valence-electron chi connectivity index (χ1n) is 9.89. The van der Waals surface area contributed by atoms with Crippen molar-refractivity contribution in [2.75, 3.05) is 59.1 Å².